The van der Waals surface area contributed by atoms with Crippen LogP contribution in [0.5, 0.6) is 0 Å². The number of likely N-dealkylation sites (tertiary alicyclic amines) is 1. The van der Waals surface area contributed by atoms with Crippen molar-refractivity contribution >= 4 is 45.0 Å². The van der Waals surface area contributed by atoms with Crippen molar-refractivity contribution in [2.75, 3.05) is 20.2 Å². The fourth-order valence-electron chi connectivity index (χ4n) is 4.73. The summed E-state index contributed by atoms with van der Waals surface area (Å²) in [6, 6.07) is 2.28. The molecule has 1 saturated heterocycles. The van der Waals surface area contributed by atoms with Crippen molar-refractivity contribution in [2.24, 2.45) is 10.9 Å². The second-order valence-corrected chi connectivity index (χ2v) is 10.7. The number of carboxylic acid groups (broad SMARTS) is 1. The number of aliphatic carboxylic acids is 1. The van der Waals surface area contributed by atoms with Crippen LogP contribution in [0.25, 0.3) is 0 Å². The van der Waals surface area contributed by atoms with Crippen LogP contribution in [-0.4, -0.2) is 64.9 Å². The monoisotopic (exact) mass is 600 g/mol. The standard InChI is InChI=1S/C24H24BrF3N4O4S/c1-12(7-18(33)34)17-9-24(27,28)11-32(17)10-16-19(23(35)36-2)20(14-4-3-13(26)8-15(14)25)31-21(30-16)22-29-5-6-37-22/h3-6,8,12,17,20H,7,9-11H2,1-2H3,(H,30,31)(H,33,34)/t12?,17-,20-/m0/s1. The number of hydrogen-bond donors (Lipinski definition) is 2. The van der Waals surface area contributed by atoms with Crippen LogP contribution in [0.2, 0.25) is 0 Å². The highest BCUT2D eigenvalue weighted by Crippen LogP contribution is 2.40. The van der Waals surface area contributed by atoms with Gasteiger partial charge in [0, 0.05) is 47.2 Å². The highest BCUT2D eigenvalue weighted by Gasteiger charge is 2.48. The Hall–Kier alpha value is -2.77. The smallest absolute Gasteiger partial charge is 0.338 e. The first-order valence-electron chi connectivity index (χ1n) is 11.3. The second kappa shape index (κ2) is 10.9. The number of carbonyl (C=O) groups excluding carboxylic acids is 1. The van der Waals surface area contributed by atoms with E-state index in [0.717, 1.165) is 0 Å². The number of aromatic nitrogens is 1. The molecule has 198 valence electrons. The average Bonchev–Trinajstić information content (AvgIpc) is 3.45. The number of benzene rings is 1. The lowest BCUT2D eigenvalue weighted by Gasteiger charge is -2.33. The molecule has 1 fully saturated rings. The van der Waals surface area contributed by atoms with E-state index < -0.39 is 54.6 Å². The predicted molar refractivity (Wildman–Crippen MR) is 134 cm³/mol. The maximum absolute atomic E-state index is 14.6. The minimum Gasteiger partial charge on any atom is -0.481 e. The molecule has 3 atom stereocenters. The predicted octanol–water partition coefficient (Wildman–Crippen LogP) is 4.38. The third-order valence-corrected chi connectivity index (χ3v) is 7.82. The number of amidine groups is 1. The van der Waals surface area contributed by atoms with E-state index in [4.69, 9.17) is 4.74 Å². The molecular weight excluding hydrogens is 577 g/mol. The number of ether oxygens (including phenoxy) is 1. The van der Waals surface area contributed by atoms with E-state index in [1.807, 2.05) is 0 Å². The molecule has 2 aliphatic heterocycles. The molecule has 1 unspecified atom stereocenters. The Labute approximate surface area is 223 Å². The van der Waals surface area contributed by atoms with Gasteiger partial charge < -0.3 is 15.2 Å². The Kier molecular flexibility index (Phi) is 8.05. The number of halogens is 4. The maximum atomic E-state index is 14.6. The summed E-state index contributed by atoms with van der Waals surface area (Å²) in [5.41, 5.74) is 0.825. The molecule has 2 N–H and O–H groups in total. The third-order valence-electron chi connectivity index (χ3n) is 6.35. The first kappa shape index (κ1) is 27.3. The van der Waals surface area contributed by atoms with Gasteiger partial charge in [0.05, 0.1) is 19.2 Å². The molecule has 0 bridgehead atoms. The second-order valence-electron chi connectivity index (χ2n) is 9.00. The normalized spacial score (nSPS) is 22.4. The summed E-state index contributed by atoms with van der Waals surface area (Å²) in [4.78, 5) is 34.8. The topological polar surface area (TPSA) is 104 Å². The number of hydrogen-bond acceptors (Lipinski definition) is 8. The van der Waals surface area contributed by atoms with Crippen LogP contribution in [-0.2, 0) is 14.3 Å². The molecule has 0 amide bonds. The van der Waals surface area contributed by atoms with Crippen molar-refractivity contribution in [3.8, 4) is 0 Å². The van der Waals surface area contributed by atoms with E-state index >= 15 is 0 Å². The van der Waals surface area contributed by atoms with Crippen molar-refractivity contribution in [2.45, 2.75) is 37.8 Å². The van der Waals surface area contributed by atoms with Crippen LogP contribution < -0.4 is 5.32 Å². The molecule has 3 heterocycles. The molecule has 2 aliphatic rings. The van der Waals surface area contributed by atoms with Gasteiger partial charge in [-0.05, 0) is 23.6 Å². The van der Waals surface area contributed by atoms with Gasteiger partial charge in [0.25, 0.3) is 5.92 Å². The number of esters is 1. The summed E-state index contributed by atoms with van der Waals surface area (Å²) >= 11 is 4.63. The van der Waals surface area contributed by atoms with Gasteiger partial charge in [0.2, 0.25) is 0 Å². The number of alkyl halides is 2. The van der Waals surface area contributed by atoms with Crippen molar-refractivity contribution < 1.29 is 32.6 Å². The third kappa shape index (κ3) is 6.04. The minimum absolute atomic E-state index is 0.0787. The molecular formula is C24H24BrF3N4O4S. The lowest BCUT2D eigenvalue weighted by Crippen LogP contribution is -2.43. The van der Waals surface area contributed by atoms with Crippen LogP contribution >= 0.6 is 27.3 Å². The minimum atomic E-state index is -3.02. The van der Waals surface area contributed by atoms with E-state index in [-0.39, 0.29) is 24.2 Å². The molecule has 8 nitrogen and oxygen atoms in total. The van der Waals surface area contributed by atoms with Crippen molar-refractivity contribution in [1.82, 2.24) is 15.2 Å². The number of thiazole rings is 1. The molecule has 0 spiro atoms. The highest BCUT2D eigenvalue weighted by molar-refractivity contribution is 9.10. The van der Waals surface area contributed by atoms with E-state index in [1.165, 1.54) is 41.5 Å². The number of aliphatic imine (C=N–C) groups is 1. The molecule has 2 aromatic rings. The summed E-state index contributed by atoms with van der Waals surface area (Å²) < 4.78 is 48.4. The van der Waals surface area contributed by atoms with Gasteiger partial charge >= 0.3 is 11.9 Å². The quantitative estimate of drug-likeness (QED) is 0.433. The Morgan fingerprint density at radius 2 is 2.16 bits per heavy atom. The number of carbonyl (C=O) groups is 2. The van der Waals surface area contributed by atoms with Crippen LogP contribution in [0.3, 0.4) is 0 Å². The Morgan fingerprint density at radius 3 is 2.78 bits per heavy atom. The van der Waals surface area contributed by atoms with Gasteiger partial charge in [-0.15, -0.1) is 11.3 Å². The van der Waals surface area contributed by atoms with Crippen molar-refractivity contribution in [1.29, 1.82) is 0 Å². The van der Waals surface area contributed by atoms with Crippen LogP contribution in [0.1, 0.15) is 36.4 Å². The Bertz CT molecular complexity index is 1250. The zero-order chi connectivity index (χ0) is 26.9. The zero-order valence-corrected chi connectivity index (χ0v) is 22.3. The summed E-state index contributed by atoms with van der Waals surface area (Å²) in [6.07, 6.45) is 0.810. The average molecular weight is 601 g/mol. The number of nitrogens with one attached hydrogen (secondary N) is 1. The molecule has 1 aromatic heterocycles. The summed E-state index contributed by atoms with van der Waals surface area (Å²) in [5.74, 6) is -5.57. The fourth-order valence-corrected chi connectivity index (χ4v) is 5.89. The fraction of sp³-hybridized carbons (Fsp3) is 0.417. The van der Waals surface area contributed by atoms with E-state index in [1.54, 1.807) is 18.5 Å². The van der Waals surface area contributed by atoms with E-state index in [2.05, 4.69) is 31.2 Å². The van der Waals surface area contributed by atoms with Gasteiger partial charge in [-0.3, -0.25) is 14.7 Å². The number of nitrogens with zero attached hydrogens (tertiary/aromatic N) is 3. The molecule has 0 saturated carbocycles. The molecule has 13 heteroatoms. The van der Waals surface area contributed by atoms with Crippen molar-refractivity contribution in [3.63, 3.8) is 0 Å². The van der Waals surface area contributed by atoms with Crippen LogP contribution in [0, 0.1) is 11.7 Å². The van der Waals surface area contributed by atoms with Gasteiger partial charge in [-0.25, -0.2) is 22.9 Å². The summed E-state index contributed by atoms with van der Waals surface area (Å²) in [6.45, 7) is 0.905. The number of rotatable bonds is 8. The van der Waals surface area contributed by atoms with Crippen LogP contribution in [0.4, 0.5) is 13.2 Å². The van der Waals surface area contributed by atoms with Gasteiger partial charge in [0.15, 0.2) is 10.8 Å². The van der Waals surface area contributed by atoms with Crippen LogP contribution in [0.15, 0.2) is 50.5 Å². The van der Waals surface area contributed by atoms with Gasteiger partial charge in [-0.1, -0.05) is 28.9 Å². The molecule has 0 aliphatic carbocycles. The molecule has 37 heavy (non-hydrogen) atoms. The number of carboxylic acids is 1. The Balaban J connectivity index is 1.80. The summed E-state index contributed by atoms with van der Waals surface area (Å²) in [5, 5.41) is 14.6. The molecule has 0 radical (unpaired) electrons. The van der Waals surface area contributed by atoms with E-state index in [0.29, 0.717) is 20.9 Å². The number of methoxy groups -OCH3 is 1. The Morgan fingerprint density at radius 1 is 1.41 bits per heavy atom. The zero-order valence-electron chi connectivity index (χ0n) is 19.9. The SMILES string of the molecule is COC(=O)C1=C(CN2CC(F)(F)C[C@H]2C(C)CC(=O)O)NC(c2nccs2)=N[C@H]1c1ccc(F)cc1Br. The lowest BCUT2D eigenvalue weighted by molar-refractivity contribution is -0.138. The van der Waals surface area contributed by atoms with E-state index in [9.17, 15) is 27.9 Å². The highest BCUT2D eigenvalue weighted by atomic mass is 79.9. The maximum Gasteiger partial charge on any atom is 0.338 e. The first-order valence-corrected chi connectivity index (χ1v) is 13.0. The lowest BCUT2D eigenvalue weighted by atomic mass is 9.93. The van der Waals surface area contributed by atoms with Gasteiger partial charge in [-0.2, -0.15) is 0 Å². The summed E-state index contributed by atoms with van der Waals surface area (Å²) in [7, 11) is 1.20. The van der Waals surface area contributed by atoms with Crippen molar-refractivity contribution in [3.05, 3.63) is 61.9 Å². The van der Waals surface area contributed by atoms with Gasteiger partial charge in [0.1, 0.15) is 11.9 Å². The molecule has 1 aromatic carbocycles. The molecule has 4 rings (SSSR count). The first-order chi connectivity index (χ1) is 17.5. The largest absolute Gasteiger partial charge is 0.481 e.